The lowest BCUT2D eigenvalue weighted by Crippen LogP contribution is -2.58. The van der Waals surface area contributed by atoms with Gasteiger partial charge >= 0.3 is 12.1 Å². The van der Waals surface area contributed by atoms with Crippen LogP contribution in [0.5, 0.6) is 0 Å². The van der Waals surface area contributed by atoms with Crippen molar-refractivity contribution in [2.24, 2.45) is 23.5 Å². The molecule has 2 aliphatic carbocycles. The molecule has 0 spiro atoms. The minimum atomic E-state index is -0.684. The van der Waals surface area contributed by atoms with E-state index in [2.05, 4.69) is 12.2 Å². The van der Waals surface area contributed by atoms with E-state index in [4.69, 9.17) is 15.2 Å². The Bertz CT molecular complexity index is 506. The molecule has 0 heterocycles. The summed E-state index contributed by atoms with van der Waals surface area (Å²) in [7, 11) is 1.33. The third-order valence-electron chi connectivity index (χ3n) is 5.46. The minimum Gasteiger partial charge on any atom is -0.467 e. The quantitative estimate of drug-likeness (QED) is 0.741. The van der Waals surface area contributed by atoms with Crippen molar-refractivity contribution in [2.75, 3.05) is 7.11 Å². The number of nitrogens with two attached hydrogens (primary N) is 1. The summed E-state index contributed by atoms with van der Waals surface area (Å²) in [5.41, 5.74) is 5.76. The number of methoxy groups -OCH3 is 1. The molecule has 0 aliphatic heterocycles. The number of fused-ring (bicyclic) bond motifs is 2. The van der Waals surface area contributed by atoms with E-state index < -0.39 is 23.7 Å². The van der Waals surface area contributed by atoms with Crippen molar-refractivity contribution in [1.29, 1.82) is 0 Å². The van der Waals surface area contributed by atoms with Crippen LogP contribution in [0.15, 0.2) is 0 Å². The highest BCUT2D eigenvalue weighted by Crippen LogP contribution is 2.48. The fraction of sp³-hybridized carbons (Fsp3) is 0.895. The lowest BCUT2D eigenvalue weighted by atomic mass is 9.60. The molecule has 3 N–H and O–H groups in total. The first-order valence-electron chi connectivity index (χ1n) is 9.40. The maximum Gasteiger partial charge on any atom is 0.408 e. The van der Waals surface area contributed by atoms with E-state index in [0.717, 1.165) is 25.7 Å². The van der Waals surface area contributed by atoms with Crippen LogP contribution in [0, 0.1) is 17.8 Å². The Balaban J connectivity index is 2.00. The average Bonchev–Trinajstić information content (AvgIpc) is 2.41. The Hall–Kier alpha value is -1.30. The predicted molar refractivity (Wildman–Crippen MR) is 95.9 cm³/mol. The van der Waals surface area contributed by atoms with Gasteiger partial charge in [-0.1, -0.05) is 20.8 Å². The summed E-state index contributed by atoms with van der Waals surface area (Å²) < 4.78 is 10.6. The molecule has 6 nitrogen and oxygen atoms in total. The highest BCUT2D eigenvalue weighted by atomic mass is 16.6. The van der Waals surface area contributed by atoms with Crippen LogP contribution in [-0.2, 0) is 14.3 Å². The number of carbonyl (C=O) groups excluding carboxylic acids is 2. The SMILES string of the molecule is COC(=O)C(CC(C)C)NC(=O)OC1(C)CC2CC(C)CC(N)(C2)C1. The molecule has 0 radical (unpaired) electrons. The number of carbonyl (C=O) groups is 2. The highest BCUT2D eigenvalue weighted by Gasteiger charge is 2.49. The van der Waals surface area contributed by atoms with Gasteiger partial charge in [0.2, 0.25) is 0 Å². The summed E-state index contributed by atoms with van der Waals surface area (Å²) in [5.74, 6) is 0.924. The predicted octanol–water partition coefficient (Wildman–Crippen LogP) is 2.99. The topological polar surface area (TPSA) is 90.6 Å². The van der Waals surface area contributed by atoms with Gasteiger partial charge in [-0.25, -0.2) is 9.59 Å². The number of hydrogen-bond acceptors (Lipinski definition) is 5. The van der Waals surface area contributed by atoms with Crippen LogP contribution in [0.1, 0.15) is 66.2 Å². The van der Waals surface area contributed by atoms with Gasteiger partial charge in [-0.3, -0.25) is 0 Å². The van der Waals surface area contributed by atoms with Gasteiger partial charge in [-0.15, -0.1) is 0 Å². The number of hydrogen-bond donors (Lipinski definition) is 2. The fourth-order valence-corrected chi connectivity index (χ4v) is 5.12. The summed E-state index contributed by atoms with van der Waals surface area (Å²) in [6, 6.07) is -0.684. The molecule has 6 heteroatoms. The molecule has 5 atom stereocenters. The minimum absolute atomic E-state index is 0.253. The first-order valence-corrected chi connectivity index (χ1v) is 9.40. The molecule has 5 unspecified atom stereocenters. The van der Waals surface area contributed by atoms with E-state index in [9.17, 15) is 9.59 Å². The smallest absolute Gasteiger partial charge is 0.408 e. The van der Waals surface area contributed by atoms with E-state index >= 15 is 0 Å². The first kappa shape index (κ1) is 20.0. The Kier molecular flexibility index (Phi) is 6.02. The van der Waals surface area contributed by atoms with Crippen molar-refractivity contribution in [1.82, 2.24) is 5.32 Å². The van der Waals surface area contributed by atoms with E-state index in [-0.39, 0.29) is 11.5 Å². The number of esters is 1. The van der Waals surface area contributed by atoms with Crippen LogP contribution in [0.4, 0.5) is 4.79 Å². The summed E-state index contributed by atoms with van der Waals surface area (Å²) in [5, 5.41) is 2.68. The third-order valence-corrected chi connectivity index (χ3v) is 5.46. The van der Waals surface area contributed by atoms with Gasteiger partial charge in [-0.2, -0.15) is 0 Å². The van der Waals surface area contributed by atoms with Gasteiger partial charge in [0.15, 0.2) is 0 Å². The van der Waals surface area contributed by atoms with Gasteiger partial charge in [-0.05, 0) is 56.8 Å². The molecule has 0 saturated heterocycles. The van der Waals surface area contributed by atoms with Crippen LogP contribution >= 0.6 is 0 Å². The molecule has 0 aromatic rings. The maximum atomic E-state index is 12.4. The molecule has 2 rings (SSSR count). The van der Waals surface area contributed by atoms with Crippen molar-refractivity contribution in [2.45, 2.75) is 83.4 Å². The number of amides is 1. The van der Waals surface area contributed by atoms with Crippen LogP contribution in [0.25, 0.3) is 0 Å². The summed E-state index contributed by atoms with van der Waals surface area (Å²) in [4.78, 5) is 24.3. The third kappa shape index (κ3) is 5.33. The van der Waals surface area contributed by atoms with E-state index in [0.29, 0.717) is 24.7 Å². The monoisotopic (exact) mass is 354 g/mol. The van der Waals surface area contributed by atoms with E-state index in [1.54, 1.807) is 0 Å². The molecule has 144 valence electrons. The summed E-state index contributed by atoms with van der Waals surface area (Å²) in [6.45, 7) is 8.20. The van der Waals surface area contributed by atoms with Crippen LogP contribution in [0.2, 0.25) is 0 Å². The second-order valence-corrected chi connectivity index (χ2v) is 9.05. The van der Waals surface area contributed by atoms with Gasteiger partial charge < -0.3 is 20.5 Å². The standard InChI is InChI=1S/C19H34N2O4/c1-12(2)6-15(16(22)24-5)21-17(23)25-18(4)9-14-7-13(3)8-19(20,10-14)11-18/h12-15H,6-11,20H2,1-5H3,(H,21,23). The number of alkyl carbamates (subject to hydrolysis) is 1. The zero-order valence-electron chi connectivity index (χ0n) is 16.3. The number of nitrogens with one attached hydrogen (secondary N) is 1. The van der Waals surface area contributed by atoms with Crippen molar-refractivity contribution in [3.63, 3.8) is 0 Å². The fourth-order valence-electron chi connectivity index (χ4n) is 5.12. The lowest BCUT2D eigenvalue weighted by Gasteiger charge is -2.52. The van der Waals surface area contributed by atoms with Gasteiger partial charge in [0, 0.05) is 12.0 Å². The number of rotatable bonds is 5. The van der Waals surface area contributed by atoms with Gasteiger partial charge in [0.05, 0.1) is 7.11 Å². The summed E-state index contributed by atoms with van der Waals surface area (Å²) in [6.07, 6.45) is 4.57. The van der Waals surface area contributed by atoms with Gasteiger partial charge in [0.1, 0.15) is 11.6 Å². The molecule has 0 aromatic carbocycles. The molecular formula is C19H34N2O4. The zero-order chi connectivity index (χ0) is 18.8. The molecule has 2 saturated carbocycles. The van der Waals surface area contributed by atoms with Crippen LogP contribution in [-0.4, -0.2) is 36.4 Å². The highest BCUT2D eigenvalue weighted by molar-refractivity contribution is 5.81. The number of ether oxygens (including phenoxy) is 2. The molecule has 25 heavy (non-hydrogen) atoms. The molecular weight excluding hydrogens is 320 g/mol. The second-order valence-electron chi connectivity index (χ2n) is 9.05. The maximum absolute atomic E-state index is 12.4. The molecule has 1 amide bonds. The zero-order valence-corrected chi connectivity index (χ0v) is 16.3. The second kappa shape index (κ2) is 7.52. The molecule has 2 fully saturated rings. The van der Waals surface area contributed by atoms with Crippen molar-refractivity contribution < 1.29 is 19.1 Å². The Morgan fingerprint density at radius 1 is 1.28 bits per heavy atom. The summed E-state index contributed by atoms with van der Waals surface area (Å²) >= 11 is 0. The normalized spacial score (nSPS) is 35.8. The van der Waals surface area contributed by atoms with Gasteiger partial charge in [0.25, 0.3) is 0 Å². The Morgan fingerprint density at radius 3 is 2.52 bits per heavy atom. The lowest BCUT2D eigenvalue weighted by molar-refractivity contribution is -0.143. The molecule has 0 aromatic heterocycles. The molecule has 2 aliphatic rings. The van der Waals surface area contributed by atoms with Crippen LogP contribution in [0.3, 0.4) is 0 Å². The van der Waals surface area contributed by atoms with Crippen molar-refractivity contribution >= 4 is 12.1 Å². The van der Waals surface area contributed by atoms with E-state index in [1.807, 2.05) is 20.8 Å². The van der Waals surface area contributed by atoms with Crippen LogP contribution < -0.4 is 11.1 Å². The largest absolute Gasteiger partial charge is 0.467 e. The van der Waals surface area contributed by atoms with Crippen molar-refractivity contribution in [3.05, 3.63) is 0 Å². The first-order chi connectivity index (χ1) is 11.5. The van der Waals surface area contributed by atoms with E-state index in [1.165, 1.54) is 7.11 Å². The average molecular weight is 354 g/mol. The Morgan fingerprint density at radius 2 is 1.96 bits per heavy atom. The Labute approximate surface area is 151 Å². The van der Waals surface area contributed by atoms with Crippen molar-refractivity contribution in [3.8, 4) is 0 Å². The molecule has 2 bridgehead atoms.